The zero-order valence-corrected chi connectivity index (χ0v) is 16.2. The smallest absolute Gasteiger partial charge is 0.305 e. The van der Waals surface area contributed by atoms with Crippen LogP contribution in [0.1, 0.15) is 55.7 Å². The summed E-state index contributed by atoms with van der Waals surface area (Å²) in [5, 5.41) is 0. The van der Waals surface area contributed by atoms with Gasteiger partial charge in [-0.25, -0.2) is 0 Å². The van der Waals surface area contributed by atoms with Crippen LogP contribution < -0.4 is 0 Å². The number of rotatable bonds is 9. The molecular weight excluding hydrogens is 336 g/mol. The summed E-state index contributed by atoms with van der Waals surface area (Å²) in [5.74, 6) is 0.572. The molecule has 1 aromatic carbocycles. The molecule has 0 amide bonds. The second-order valence-corrected chi connectivity index (χ2v) is 7.41. The maximum Gasteiger partial charge on any atom is 0.305 e. The van der Waals surface area contributed by atoms with E-state index in [2.05, 4.69) is 46.3 Å². The Labute approximate surface area is 162 Å². The van der Waals surface area contributed by atoms with Gasteiger partial charge >= 0.3 is 5.97 Å². The predicted octanol–water partition coefficient (Wildman–Crippen LogP) is 4.77. The van der Waals surface area contributed by atoms with E-state index in [1.807, 2.05) is 18.5 Å². The second kappa shape index (κ2) is 10.2. The van der Waals surface area contributed by atoms with E-state index in [4.69, 9.17) is 4.74 Å². The highest BCUT2D eigenvalue weighted by Crippen LogP contribution is 2.40. The molecular formula is C23H30N2O2. The zero-order chi connectivity index (χ0) is 18.9. The van der Waals surface area contributed by atoms with Gasteiger partial charge in [0.15, 0.2) is 0 Å². The van der Waals surface area contributed by atoms with Gasteiger partial charge in [0, 0.05) is 31.4 Å². The number of unbranched alkanes of at least 4 members (excludes halogenated alkanes) is 2. The van der Waals surface area contributed by atoms with Crippen molar-refractivity contribution < 1.29 is 9.53 Å². The maximum atomic E-state index is 11.3. The summed E-state index contributed by atoms with van der Waals surface area (Å²) in [7, 11) is 1.46. The van der Waals surface area contributed by atoms with Gasteiger partial charge in [-0.1, -0.05) is 49.2 Å². The first-order valence-corrected chi connectivity index (χ1v) is 10.0. The van der Waals surface area contributed by atoms with Crippen LogP contribution in [-0.4, -0.2) is 29.5 Å². The molecule has 1 aliphatic rings. The minimum atomic E-state index is -0.0966. The van der Waals surface area contributed by atoms with E-state index in [0.717, 1.165) is 25.9 Å². The number of nitrogens with zero attached hydrogens (tertiary/aromatic N) is 2. The fourth-order valence-corrected chi connectivity index (χ4v) is 4.22. The number of benzene rings is 1. The van der Waals surface area contributed by atoms with E-state index in [0.29, 0.717) is 18.4 Å². The Morgan fingerprint density at radius 1 is 1.15 bits per heavy atom. The summed E-state index contributed by atoms with van der Waals surface area (Å²) in [6, 6.07) is 15.5. The monoisotopic (exact) mass is 366 g/mol. The van der Waals surface area contributed by atoms with Crippen LogP contribution in [-0.2, 0) is 16.1 Å². The van der Waals surface area contributed by atoms with Crippen molar-refractivity contribution in [2.75, 3.05) is 13.7 Å². The number of methoxy groups -OCH3 is 1. The van der Waals surface area contributed by atoms with Gasteiger partial charge in [-0.2, -0.15) is 0 Å². The SMILES string of the molecule is COC(=O)CCCCC[C@@H]1CCN(Cc2cccnc2)[C@@H]1c1ccccc1. The van der Waals surface area contributed by atoms with E-state index >= 15 is 0 Å². The maximum absolute atomic E-state index is 11.3. The Bertz CT molecular complexity index is 690. The highest BCUT2D eigenvalue weighted by Gasteiger charge is 2.34. The molecule has 1 aliphatic heterocycles. The van der Waals surface area contributed by atoms with Gasteiger partial charge in [-0.3, -0.25) is 14.7 Å². The lowest BCUT2D eigenvalue weighted by atomic mass is 9.89. The molecule has 0 N–H and O–H groups in total. The van der Waals surface area contributed by atoms with Crippen LogP contribution in [0.15, 0.2) is 54.9 Å². The molecule has 2 aromatic rings. The van der Waals surface area contributed by atoms with Gasteiger partial charge < -0.3 is 4.74 Å². The van der Waals surface area contributed by atoms with Crippen molar-refractivity contribution in [3.63, 3.8) is 0 Å². The molecule has 1 aromatic heterocycles. The lowest BCUT2D eigenvalue weighted by Gasteiger charge is -2.29. The lowest BCUT2D eigenvalue weighted by molar-refractivity contribution is -0.140. The van der Waals surface area contributed by atoms with Crippen LogP contribution in [0.3, 0.4) is 0 Å². The van der Waals surface area contributed by atoms with E-state index in [1.165, 1.54) is 37.5 Å². The summed E-state index contributed by atoms with van der Waals surface area (Å²) < 4.78 is 4.73. The first-order valence-electron chi connectivity index (χ1n) is 10.0. The third-order valence-electron chi connectivity index (χ3n) is 5.56. The van der Waals surface area contributed by atoms with Gasteiger partial charge in [-0.15, -0.1) is 0 Å². The molecule has 1 fully saturated rings. The van der Waals surface area contributed by atoms with Crippen molar-refractivity contribution in [3.05, 3.63) is 66.0 Å². The van der Waals surface area contributed by atoms with E-state index in [9.17, 15) is 4.79 Å². The molecule has 144 valence electrons. The Balaban J connectivity index is 1.60. The van der Waals surface area contributed by atoms with Gasteiger partial charge in [-0.05, 0) is 48.9 Å². The molecule has 0 radical (unpaired) electrons. The molecule has 2 heterocycles. The molecule has 1 saturated heterocycles. The van der Waals surface area contributed by atoms with Crippen molar-refractivity contribution in [1.29, 1.82) is 0 Å². The predicted molar refractivity (Wildman–Crippen MR) is 107 cm³/mol. The van der Waals surface area contributed by atoms with Crippen LogP contribution in [0.5, 0.6) is 0 Å². The standard InChI is InChI=1S/C23H30N2O2/c1-27-22(26)13-7-3-6-12-21-14-16-25(18-19-9-8-15-24-17-19)23(21)20-10-4-2-5-11-20/h2,4-5,8-11,15,17,21,23H,3,6-7,12-14,16,18H2,1H3/t21-,23-/m1/s1. The molecule has 4 nitrogen and oxygen atoms in total. The third kappa shape index (κ3) is 5.64. The Hall–Kier alpha value is -2.20. The minimum absolute atomic E-state index is 0.0966. The van der Waals surface area contributed by atoms with Crippen molar-refractivity contribution >= 4 is 5.97 Å². The Morgan fingerprint density at radius 3 is 2.74 bits per heavy atom. The largest absolute Gasteiger partial charge is 0.469 e. The number of carbonyl (C=O) groups excluding carboxylic acids is 1. The summed E-state index contributed by atoms with van der Waals surface area (Å²) >= 11 is 0. The molecule has 2 atom stereocenters. The topological polar surface area (TPSA) is 42.4 Å². The molecule has 0 aliphatic carbocycles. The molecule has 0 spiro atoms. The summed E-state index contributed by atoms with van der Waals surface area (Å²) in [4.78, 5) is 18.1. The van der Waals surface area contributed by atoms with Crippen molar-refractivity contribution in [2.24, 2.45) is 5.92 Å². The number of ether oxygens (including phenoxy) is 1. The van der Waals surface area contributed by atoms with Crippen LogP contribution in [0.4, 0.5) is 0 Å². The number of likely N-dealkylation sites (tertiary alicyclic amines) is 1. The van der Waals surface area contributed by atoms with Crippen LogP contribution >= 0.6 is 0 Å². The quantitative estimate of drug-likeness (QED) is 0.474. The molecule has 3 rings (SSSR count). The Morgan fingerprint density at radius 2 is 2.00 bits per heavy atom. The lowest BCUT2D eigenvalue weighted by Crippen LogP contribution is -2.25. The van der Waals surface area contributed by atoms with Crippen LogP contribution in [0.2, 0.25) is 0 Å². The van der Waals surface area contributed by atoms with E-state index in [-0.39, 0.29) is 5.97 Å². The molecule has 0 saturated carbocycles. The molecule has 4 heteroatoms. The van der Waals surface area contributed by atoms with Crippen molar-refractivity contribution in [2.45, 2.75) is 51.1 Å². The van der Waals surface area contributed by atoms with Gasteiger partial charge in [0.1, 0.15) is 0 Å². The third-order valence-corrected chi connectivity index (χ3v) is 5.56. The highest BCUT2D eigenvalue weighted by atomic mass is 16.5. The first kappa shape index (κ1) is 19.6. The highest BCUT2D eigenvalue weighted by molar-refractivity contribution is 5.68. The number of carbonyl (C=O) groups is 1. The fraction of sp³-hybridized carbons (Fsp3) is 0.478. The minimum Gasteiger partial charge on any atom is -0.469 e. The first-order chi connectivity index (χ1) is 13.3. The zero-order valence-electron chi connectivity index (χ0n) is 16.2. The molecule has 0 unspecified atom stereocenters. The van der Waals surface area contributed by atoms with Crippen LogP contribution in [0.25, 0.3) is 0 Å². The molecule has 27 heavy (non-hydrogen) atoms. The molecule has 0 bridgehead atoms. The van der Waals surface area contributed by atoms with E-state index in [1.54, 1.807) is 0 Å². The van der Waals surface area contributed by atoms with Gasteiger partial charge in [0.05, 0.1) is 7.11 Å². The summed E-state index contributed by atoms with van der Waals surface area (Å²) in [6.07, 6.45) is 9.98. The second-order valence-electron chi connectivity index (χ2n) is 7.41. The van der Waals surface area contributed by atoms with Crippen LogP contribution in [0, 0.1) is 5.92 Å². The van der Waals surface area contributed by atoms with Gasteiger partial charge in [0.2, 0.25) is 0 Å². The number of pyridine rings is 1. The van der Waals surface area contributed by atoms with Gasteiger partial charge in [0.25, 0.3) is 0 Å². The average Bonchev–Trinajstić information content (AvgIpc) is 3.11. The normalized spacial score (nSPS) is 19.9. The fourth-order valence-electron chi connectivity index (χ4n) is 4.22. The number of hydrogen-bond acceptors (Lipinski definition) is 4. The van der Waals surface area contributed by atoms with E-state index < -0.39 is 0 Å². The van der Waals surface area contributed by atoms with Crippen molar-refractivity contribution in [3.8, 4) is 0 Å². The Kier molecular flexibility index (Phi) is 7.40. The number of aromatic nitrogens is 1. The number of esters is 1. The number of hydrogen-bond donors (Lipinski definition) is 0. The average molecular weight is 367 g/mol. The summed E-state index contributed by atoms with van der Waals surface area (Å²) in [6.45, 7) is 2.08. The van der Waals surface area contributed by atoms with Crippen molar-refractivity contribution in [1.82, 2.24) is 9.88 Å². The summed E-state index contributed by atoms with van der Waals surface area (Å²) in [5.41, 5.74) is 2.69.